The van der Waals surface area contributed by atoms with Gasteiger partial charge in [0.05, 0.1) is 22.6 Å². The monoisotopic (exact) mass is 293 g/mol. The SMILES string of the molecule is Cl.Clc1sccc1[C@@]12CCCC[C@@H]1OCCN2. The zero-order valence-corrected chi connectivity index (χ0v) is 12.0. The highest BCUT2D eigenvalue weighted by Crippen LogP contribution is 2.44. The lowest BCUT2D eigenvalue weighted by Gasteiger charge is -2.47. The number of thiophene rings is 1. The Morgan fingerprint density at radius 2 is 2.35 bits per heavy atom. The molecular formula is C12H17Cl2NOS. The molecule has 0 bridgehead atoms. The molecule has 2 aliphatic rings. The second-order valence-corrected chi connectivity index (χ2v) is 6.13. The number of halogens is 2. The maximum absolute atomic E-state index is 6.31. The van der Waals surface area contributed by atoms with E-state index in [0.29, 0.717) is 6.10 Å². The summed E-state index contributed by atoms with van der Waals surface area (Å²) < 4.78 is 6.87. The van der Waals surface area contributed by atoms with Gasteiger partial charge in [0.1, 0.15) is 0 Å². The summed E-state index contributed by atoms with van der Waals surface area (Å²) >= 11 is 7.93. The van der Waals surface area contributed by atoms with Crippen molar-refractivity contribution in [3.05, 3.63) is 21.3 Å². The van der Waals surface area contributed by atoms with E-state index in [2.05, 4.69) is 16.8 Å². The maximum atomic E-state index is 6.31. The first kappa shape index (κ1) is 13.6. The average molecular weight is 294 g/mol. The van der Waals surface area contributed by atoms with Crippen LogP contribution in [0, 0.1) is 0 Å². The minimum absolute atomic E-state index is 0. The molecule has 1 aliphatic carbocycles. The largest absolute Gasteiger partial charge is 0.375 e. The molecule has 96 valence electrons. The van der Waals surface area contributed by atoms with Crippen LogP contribution in [0.15, 0.2) is 11.4 Å². The van der Waals surface area contributed by atoms with Gasteiger partial charge >= 0.3 is 0 Å². The van der Waals surface area contributed by atoms with Gasteiger partial charge in [-0.3, -0.25) is 0 Å². The molecule has 0 spiro atoms. The van der Waals surface area contributed by atoms with Crippen LogP contribution in [0.3, 0.4) is 0 Å². The predicted octanol–water partition coefficient (Wildman–Crippen LogP) is 3.58. The molecular weight excluding hydrogens is 277 g/mol. The standard InChI is InChI=1S/C12H16ClNOS.ClH/c13-11-9(4-8-16-11)12-5-2-1-3-10(12)15-7-6-14-12;/h4,8,10,14H,1-3,5-7H2;1H/t10-,12-;/m0./s1. The van der Waals surface area contributed by atoms with Crippen molar-refractivity contribution in [2.24, 2.45) is 0 Å². The number of rotatable bonds is 1. The zero-order chi connectivity index (χ0) is 11.0. The maximum Gasteiger partial charge on any atom is 0.0980 e. The van der Waals surface area contributed by atoms with E-state index in [1.165, 1.54) is 18.4 Å². The average Bonchev–Trinajstić information content (AvgIpc) is 2.76. The van der Waals surface area contributed by atoms with Gasteiger partial charge in [-0.1, -0.05) is 24.4 Å². The molecule has 1 aliphatic heterocycles. The van der Waals surface area contributed by atoms with Crippen LogP contribution in [0.2, 0.25) is 4.34 Å². The van der Waals surface area contributed by atoms with Gasteiger partial charge in [0.25, 0.3) is 0 Å². The molecule has 2 nitrogen and oxygen atoms in total. The van der Waals surface area contributed by atoms with Gasteiger partial charge < -0.3 is 10.1 Å². The van der Waals surface area contributed by atoms with E-state index in [1.807, 2.05) is 0 Å². The fraction of sp³-hybridized carbons (Fsp3) is 0.667. The van der Waals surface area contributed by atoms with Crippen molar-refractivity contribution in [1.82, 2.24) is 5.32 Å². The first-order valence-electron chi connectivity index (χ1n) is 5.93. The molecule has 3 rings (SSSR count). The number of fused-ring (bicyclic) bond motifs is 1. The third-order valence-electron chi connectivity index (χ3n) is 3.80. The van der Waals surface area contributed by atoms with E-state index in [0.717, 1.165) is 30.3 Å². The van der Waals surface area contributed by atoms with Gasteiger partial charge in [0.15, 0.2) is 0 Å². The van der Waals surface area contributed by atoms with Crippen LogP contribution in [-0.2, 0) is 10.3 Å². The van der Waals surface area contributed by atoms with E-state index >= 15 is 0 Å². The van der Waals surface area contributed by atoms with E-state index in [1.54, 1.807) is 11.3 Å². The van der Waals surface area contributed by atoms with Gasteiger partial charge in [0, 0.05) is 12.1 Å². The van der Waals surface area contributed by atoms with Crippen molar-refractivity contribution in [3.63, 3.8) is 0 Å². The van der Waals surface area contributed by atoms with Crippen molar-refractivity contribution in [2.75, 3.05) is 13.2 Å². The normalized spacial score (nSPS) is 32.6. The van der Waals surface area contributed by atoms with Crippen molar-refractivity contribution < 1.29 is 4.74 Å². The topological polar surface area (TPSA) is 21.3 Å². The van der Waals surface area contributed by atoms with Crippen LogP contribution >= 0.6 is 35.3 Å². The molecule has 2 fully saturated rings. The quantitative estimate of drug-likeness (QED) is 0.855. The zero-order valence-electron chi connectivity index (χ0n) is 9.58. The summed E-state index contributed by atoms with van der Waals surface area (Å²) in [7, 11) is 0. The highest BCUT2D eigenvalue weighted by atomic mass is 35.5. The van der Waals surface area contributed by atoms with Crippen molar-refractivity contribution in [1.29, 1.82) is 0 Å². The lowest BCUT2D eigenvalue weighted by molar-refractivity contribution is -0.0754. The molecule has 1 N–H and O–H groups in total. The lowest BCUT2D eigenvalue weighted by Crippen LogP contribution is -2.59. The first-order chi connectivity index (χ1) is 7.83. The Kier molecular flexibility index (Phi) is 4.37. The third-order valence-corrected chi connectivity index (χ3v) is 4.97. The van der Waals surface area contributed by atoms with Crippen LogP contribution in [-0.4, -0.2) is 19.3 Å². The van der Waals surface area contributed by atoms with E-state index in [9.17, 15) is 0 Å². The highest BCUT2D eigenvalue weighted by Gasteiger charge is 2.45. The Labute approximate surface area is 117 Å². The summed E-state index contributed by atoms with van der Waals surface area (Å²) in [5.41, 5.74) is 1.25. The Bertz CT molecular complexity index is 370. The van der Waals surface area contributed by atoms with Gasteiger partial charge in [-0.25, -0.2) is 0 Å². The van der Waals surface area contributed by atoms with Crippen molar-refractivity contribution in [2.45, 2.75) is 37.3 Å². The molecule has 5 heteroatoms. The molecule has 1 saturated heterocycles. The molecule has 1 aromatic rings. The van der Waals surface area contributed by atoms with Crippen molar-refractivity contribution >= 4 is 35.3 Å². The summed E-state index contributed by atoms with van der Waals surface area (Å²) in [6, 6.07) is 2.16. The highest BCUT2D eigenvalue weighted by molar-refractivity contribution is 7.14. The number of nitrogens with one attached hydrogen (secondary N) is 1. The summed E-state index contributed by atoms with van der Waals surface area (Å²) in [4.78, 5) is 0. The lowest BCUT2D eigenvalue weighted by atomic mass is 9.74. The minimum atomic E-state index is -0.00637. The van der Waals surface area contributed by atoms with Crippen LogP contribution in [0.25, 0.3) is 0 Å². The molecule has 1 saturated carbocycles. The predicted molar refractivity (Wildman–Crippen MR) is 74.5 cm³/mol. The second kappa shape index (κ2) is 5.45. The second-order valence-electron chi connectivity index (χ2n) is 4.61. The molecule has 17 heavy (non-hydrogen) atoms. The molecule has 0 amide bonds. The van der Waals surface area contributed by atoms with E-state index in [-0.39, 0.29) is 17.9 Å². The van der Waals surface area contributed by atoms with Crippen LogP contribution in [0.5, 0.6) is 0 Å². The molecule has 0 radical (unpaired) electrons. The molecule has 0 aromatic carbocycles. The smallest absolute Gasteiger partial charge is 0.0980 e. The van der Waals surface area contributed by atoms with Crippen LogP contribution < -0.4 is 5.32 Å². The number of hydrogen-bond acceptors (Lipinski definition) is 3. The summed E-state index contributed by atoms with van der Waals surface area (Å²) in [6.07, 6.45) is 5.14. The summed E-state index contributed by atoms with van der Waals surface area (Å²) in [5, 5.41) is 5.75. The van der Waals surface area contributed by atoms with Gasteiger partial charge in [-0.05, 0) is 24.3 Å². The fourth-order valence-electron chi connectivity index (χ4n) is 3.06. The number of ether oxygens (including phenoxy) is 1. The fourth-order valence-corrected chi connectivity index (χ4v) is 4.15. The Morgan fingerprint density at radius 3 is 3.12 bits per heavy atom. The Balaban J connectivity index is 0.00000108. The molecule has 2 heterocycles. The van der Waals surface area contributed by atoms with Crippen molar-refractivity contribution in [3.8, 4) is 0 Å². The van der Waals surface area contributed by atoms with Crippen LogP contribution in [0.1, 0.15) is 31.2 Å². The Morgan fingerprint density at radius 1 is 1.47 bits per heavy atom. The summed E-state index contributed by atoms with van der Waals surface area (Å²) in [6.45, 7) is 1.76. The van der Waals surface area contributed by atoms with E-state index < -0.39 is 0 Å². The first-order valence-corrected chi connectivity index (χ1v) is 7.19. The molecule has 0 unspecified atom stereocenters. The van der Waals surface area contributed by atoms with Gasteiger partial charge in [0.2, 0.25) is 0 Å². The Hall–Kier alpha value is 0.200. The van der Waals surface area contributed by atoms with E-state index in [4.69, 9.17) is 16.3 Å². The molecule has 1 aromatic heterocycles. The van der Waals surface area contributed by atoms with Crippen LogP contribution in [0.4, 0.5) is 0 Å². The number of morpholine rings is 1. The number of hydrogen-bond donors (Lipinski definition) is 1. The summed E-state index contributed by atoms with van der Waals surface area (Å²) in [5.74, 6) is 0. The van der Waals surface area contributed by atoms with Gasteiger partial charge in [-0.2, -0.15) is 0 Å². The van der Waals surface area contributed by atoms with Gasteiger partial charge in [-0.15, -0.1) is 23.7 Å². The molecule has 2 atom stereocenters. The minimum Gasteiger partial charge on any atom is -0.375 e. The third kappa shape index (κ3) is 2.24.